The quantitative estimate of drug-likeness (QED) is 0.519. The van der Waals surface area contributed by atoms with Crippen molar-refractivity contribution in [3.63, 3.8) is 0 Å². The second kappa shape index (κ2) is 9.25. The molecule has 33 heavy (non-hydrogen) atoms. The summed E-state index contributed by atoms with van der Waals surface area (Å²) in [5.74, 6) is 1.02. The lowest BCUT2D eigenvalue weighted by Gasteiger charge is -2.31. The van der Waals surface area contributed by atoms with Gasteiger partial charge in [0.2, 0.25) is 5.91 Å². The number of phenolic OH excluding ortho intramolecular Hbond substituents is 1. The highest BCUT2D eigenvalue weighted by atomic mass is 16.5. The molecule has 2 fully saturated rings. The summed E-state index contributed by atoms with van der Waals surface area (Å²) in [5.41, 5.74) is 9.56. The maximum absolute atomic E-state index is 13.6. The number of hydrogen-bond donors (Lipinski definition) is 3. The minimum absolute atomic E-state index is 0.0770. The second-order valence-corrected chi connectivity index (χ2v) is 8.60. The number of amides is 1. The van der Waals surface area contributed by atoms with E-state index in [2.05, 4.69) is 29.1 Å². The Kier molecular flexibility index (Phi) is 6.03. The number of hydrogen-bond acceptors (Lipinski definition) is 5. The lowest BCUT2D eigenvalue weighted by Crippen LogP contribution is -2.42. The lowest BCUT2D eigenvalue weighted by atomic mass is 9.83. The van der Waals surface area contributed by atoms with Gasteiger partial charge in [0.1, 0.15) is 17.5 Å². The first-order valence-electron chi connectivity index (χ1n) is 11.5. The average Bonchev–Trinajstić information content (AvgIpc) is 3.38. The molecule has 3 aromatic rings. The largest absolute Gasteiger partial charge is 0.508 e. The molecule has 0 saturated carbocycles. The van der Waals surface area contributed by atoms with Crippen LogP contribution in [-0.2, 0) is 11.2 Å². The molecule has 4 unspecified atom stereocenters. The number of carbonyl (C=O) groups is 1. The van der Waals surface area contributed by atoms with Gasteiger partial charge >= 0.3 is 0 Å². The smallest absolute Gasteiger partial charge is 0.242 e. The van der Waals surface area contributed by atoms with E-state index in [1.807, 2.05) is 66.4 Å². The Balaban J connectivity index is 1.53. The molecule has 2 aliphatic heterocycles. The zero-order valence-electron chi connectivity index (χ0n) is 18.6. The van der Waals surface area contributed by atoms with Gasteiger partial charge in [-0.2, -0.15) is 0 Å². The third kappa shape index (κ3) is 4.08. The zero-order chi connectivity index (χ0) is 22.8. The molecule has 0 aromatic heterocycles. The van der Waals surface area contributed by atoms with Crippen molar-refractivity contribution in [2.24, 2.45) is 5.92 Å². The fraction of sp³-hybridized carbons (Fsp3) is 0.296. The molecule has 2 aliphatic rings. The number of carbonyl (C=O) groups excluding carboxylic acids is 1. The zero-order valence-corrected chi connectivity index (χ0v) is 18.6. The summed E-state index contributed by atoms with van der Waals surface area (Å²) in [7, 11) is 0. The Morgan fingerprint density at radius 2 is 1.70 bits per heavy atom. The van der Waals surface area contributed by atoms with Crippen molar-refractivity contribution in [3.8, 4) is 11.5 Å². The monoisotopic (exact) mass is 443 g/mol. The number of nitrogens with one attached hydrogen (secondary N) is 2. The van der Waals surface area contributed by atoms with Crippen LogP contribution in [0.1, 0.15) is 35.7 Å². The van der Waals surface area contributed by atoms with Crippen molar-refractivity contribution >= 4 is 5.91 Å². The highest BCUT2D eigenvalue weighted by Crippen LogP contribution is 2.48. The van der Waals surface area contributed by atoms with Crippen molar-refractivity contribution in [2.45, 2.75) is 31.5 Å². The van der Waals surface area contributed by atoms with Gasteiger partial charge in [0, 0.05) is 18.0 Å². The maximum atomic E-state index is 13.6. The third-order valence-electron chi connectivity index (χ3n) is 6.68. The number of rotatable bonds is 7. The Bertz CT molecular complexity index is 1120. The van der Waals surface area contributed by atoms with Crippen molar-refractivity contribution < 1.29 is 14.6 Å². The molecule has 0 spiro atoms. The van der Waals surface area contributed by atoms with Crippen LogP contribution in [0.25, 0.3) is 0 Å². The van der Waals surface area contributed by atoms with Crippen LogP contribution in [-0.4, -0.2) is 35.1 Å². The predicted molar refractivity (Wildman–Crippen MR) is 127 cm³/mol. The molecule has 3 N–H and O–H groups in total. The molecule has 2 heterocycles. The van der Waals surface area contributed by atoms with Gasteiger partial charge in [0.25, 0.3) is 0 Å². The van der Waals surface area contributed by atoms with Crippen molar-refractivity contribution in [3.05, 3.63) is 95.6 Å². The number of hydrazine groups is 1. The molecule has 5 rings (SSSR count). The fourth-order valence-corrected chi connectivity index (χ4v) is 5.22. The third-order valence-corrected chi connectivity index (χ3v) is 6.68. The summed E-state index contributed by atoms with van der Waals surface area (Å²) >= 11 is 0. The van der Waals surface area contributed by atoms with E-state index in [9.17, 15) is 9.90 Å². The molecule has 170 valence electrons. The topological polar surface area (TPSA) is 73.8 Å². The SMILES string of the molecule is CCOc1cccc(C2C3C(NNC3c3ccccc3O)C(=O)N2CCc2ccccc2)c1. The summed E-state index contributed by atoms with van der Waals surface area (Å²) in [4.78, 5) is 15.6. The Hall–Kier alpha value is -3.35. The van der Waals surface area contributed by atoms with Crippen LogP contribution in [0.3, 0.4) is 0 Å². The van der Waals surface area contributed by atoms with Crippen LogP contribution in [0.4, 0.5) is 0 Å². The number of ether oxygens (including phenoxy) is 1. The highest BCUT2D eigenvalue weighted by molar-refractivity contribution is 5.86. The Morgan fingerprint density at radius 1 is 0.939 bits per heavy atom. The highest BCUT2D eigenvalue weighted by Gasteiger charge is 2.55. The molecule has 4 atom stereocenters. The number of fused-ring (bicyclic) bond motifs is 1. The first kappa shape index (κ1) is 21.5. The average molecular weight is 444 g/mol. The Labute approximate surface area is 194 Å². The predicted octanol–water partition coefficient (Wildman–Crippen LogP) is 3.75. The molecule has 1 amide bonds. The molecule has 6 nitrogen and oxygen atoms in total. The summed E-state index contributed by atoms with van der Waals surface area (Å²) in [6.07, 6.45) is 0.780. The summed E-state index contributed by atoms with van der Waals surface area (Å²) < 4.78 is 5.76. The van der Waals surface area contributed by atoms with E-state index >= 15 is 0 Å². The number of nitrogens with zero attached hydrogens (tertiary/aromatic N) is 1. The summed E-state index contributed by atoms with van der Waals surface area (Å²) in [6.45, 7) is 3.17. The van der Waals surface area contributed by atoms with Crippen molar-refractivity contribution in [2.75, 3.05) is 13.2 Å². The van der Waals surface area contributed by atoms with Gasteiger partial charge in [-0.15, -0.1) is 0 Å². The molecular formula is C27H29N3O3. The van der Waals surface area contributed by atoms with E-state index in [4.69, 9.17) is 4.74 Å². The molecule has 0 bridgehead atoms. The van der Waals surface area contributed by atoms with E-state index in [0.717, 1.165) is 23.3 Å². The molecule has 0 aliphatic carbocycles. The van der Waals surface area contributed by atoms with E-state index in [1.165, 1.54) is 5.56 Å². The second-order valence-electron chi connectivity index (χ2n) is 8.60. The minimum atomic E-state index is -0.369. The number of likely N-dealkylation sites (tertiary alicyclic amines) is 1. The van der Waals surface area contributed by atoms with Gasteiger partial charge in [0.05, 0.1) is 18.7 Å². The first-order chi connectivity index (χ1) is 16.2. The maximum Gasteiger partial charge on any atom is 0.242 e. The fourth-order valence-electron chi connectivity index (χ4n) is 5.22. The lowest BCUT2D eigenvalue weighted by molar-refractivity contribution is -0.130. The number of aromatic hydroxyl groups is 1. The van der Waals surface area contributed by atoms with Crippen LogP contribution in [0.2, 0.25) is 0 Å². The summed E-state index contributed by atoms with van der Waals surface area (Å²) in [5, 5.41) is 10.6. The van der Waals surface area contributed by atoms with Crippen molar-refractivity contribution in [1.29, 1.82) is 0 Å². The van der Waals surface area contributed by atoms with Crippen molar-refractivity contribution in [1.82, 2.24) is 15.8 Å². The van der Waals surface area contributed by atoms with Crippen LogP contribution in [0.5, 0.6) is 11.5 Å². The molecular weight excluding hydrogens is 414 g/mol. The van der Waals surface area contributed by atoms with E-state index in [0.29, 0.717) is 13.2 Å². The van der Waals surface area contributed by atoms with Crippen LogP contribution < -0.4 is 15.6 Å². The molecule has 0 radical (unpaired) electrons. The van der Waals surface area contributed by atoms with Gasteiger partial charge in [-0.05, 0) is 42.7 Å². The van der Waals surface area contributed by atoms with Gasteiger partial charge in [-0.1, -0.05) is 60.7 Å². The van der Waals surface area contributed by atoms with Gasteiger partial charge < -0.3 is 14.7 Å². The molecule has 6 heteroatoms. The normalized spacial score (nSPS) is 24.2. The van der Waals surface area contributed by atoms with E-state index in [-0.39, 0.29) is 35.7 Å². The minimum Gasteiger partial charge on any atom is -0.508 e. The van der Waals surface area contributed by atoms with Gasteiger partial charge in [-0.3, -0.25) is 4.79 Å². The number of benzene rings is 3. The van der Waals surface area contributed by atoms with Gasteiger partial charge in [0.15, 0.2) is 0 Å². The number of para-hydroxylation sites is 1. The Morgan fingerprint density at radius 3 is 2.48 bits per heavy atom. The van der Waals surface area contributed by atoms with E-state index in [1.54, 1.807) is 6.07 Å². The molecule has 3 aromatic carbocycles. The van der Waals surface area contributed by atoms with Gasteiger partial charge in [-0.25, -0.2) is 10.9 Å². The van der Waals surface area contributed by atoms with Crippen LogP contribution in [0.15, 0.2) is 78.9 Å². The van der Waals surface area contributed by atoms with E-state index < -0.39 is 0 Å². The van der Waals surface area contributed by atoms with Crippen LogP contribution >= 0.6 is 0 Å². The van der Waals surface area contributed by atoms with Crippen LogP contribution in [0, 0.1) is 5.92 Å². The number of phenols is 1. The first-order valence-corrected chi connectivity index (χ1v) is 11.5. The standard InChI is InChI=1S/C27H29N3O3/c1-2-33-20-12-8-11-19(17-20)26-23-24(21-13-6-7-14-22(21)31)28-29-25(23)27(32)30(26)16-15-18-9-4-3-5-10-18/h3-14,17,23-26,28-29,31H,2,15-16H2,1H3. The molecule has 2 saturated heterocycles. The summed E-state index contributed by atoms with van der Waals surface area (Å²) in [6, 6.07) is 24.9.